The van der Waals surface area contributed by atoms with Crippen LogP contribution in [0.4, 0.5) is 0 Å². The zero-order chi connectivity index (χ0) is 15.8. The lowest BCUT2D eigenvalue weighted by molar-refractivity contribution is 0.0936. The summed E-state index contributed by atoms with van der Waals surface area (Å²) in [7, 11) is -0.701. The number of nitrogens with one attached hydrogen (secondary N) is 1. The first kappa shape index (κ1) is 16.3. The first-order valence-corrected chi connectivity index (χ1v) is 8.58. The molecule has 1 aliphatic rings. The van der Waals surface area contributed by atoms with Crippen LogP contribution in [-0.2, 0) is 10.0 Å². The first-order valence-electron chi connectivity index (χ1n) is 6.76. The van der Waals surface area contributed by atoms with E-state index in [2.05, 4.69) is 5.32 Å². The van der Waals surface area contributed by atoms with Gasteiger partial charge >= 0.3 is 0 Å². The number of carbonyl (C=O) groups is 1. The molecule has 21 heavy (non-hydrogen) atoms. The Morgan fingerprint density at radius 1 is 1.38 bits per heavy atom. The Balaban J connectivity index is 2.28. The second kappa shape index (κ2) is 5.94. The topological polar surface area (TPSA) is 66.5 Å². The largest absolute Gasteiger partial charge is 0.349 e. The highest BCUT2D eigenvalue weighted by atomic mass is 35.5. The van der Waals surface area contributed by atoms with Crippen molar-refractivity contribution in [3.63, 3.8) is 0 Å². The second-order valence-corrected chi connectivity index (χ2v) is 8.09. The molecule has 2 rings (SSSR count). The van der Waals surface area contributed by atoms with E-state index in [9.17, 15) is 13.2 Å². The van der Waals surface area contributed by atoms with Crippen LogP contribution in [0.5, 0.6) is 0 Å². The van der Waals surface area contributed by atoms with Gasteiger partial charge in [0.05, 0.1) is 15.5 Å². The minimum atomic E-state index is -3.59. The number of hydrogen-bond donors (Lipinski definition) is 1. The number of benzene rings is 1. The molecule has 1 amide bonds. The van der Waals surface area contributed by atoms with Crippen LogP contribution in [0, 0.1) is 5.92 Å². The van der Waals surface area contributed by atoms with Gasteiger partial charge in [0.25, 0.3) is 5.91 Å². The molecule has 0 heterocycles. The van der Waals surface area contributed by atoms with E-state index in [-0.39, 0.29) is 27.4 Å². The van der Waals surface area contributed by atoms with Crippen molar-refractivity contribution in [1.29, 1.82) is 0 Å². The molecule has 1 unspecified atom stereocenters. The summed E-state index contributed by atoms with van der Waals surface area (Å²) in [5.74, 6) is 0.177. The fraction of sp³-hybridized carbons (Fsp3) is 0.500. The highest BCUT2D eigenvalue weighted by Gasteiger charge is 2.29. The van der Waals surface area contributed by atoms with E-state index in [4.69, 9.17) is 11.6 Å². The minimum absolute atomic E-state index is 0.0566. The quantitative estimate of drug-likeness (QED) is 0.899. The summed E-state index contributed by atoms with van der Waals surface area (Å²) < 4.78 is 25.3. The summed E-state index contributed by atoms with van der Waals surface area (Å²) in [6.07, 6.45) is 2.23. The van der Waals surface area contributed by atoms with Crippen molar-refractivity contribution in [2.45, 2.75) is 30.7 Å². The molecule has 7 heteroatoms. The maximum absolute atomic E-state index is 12.3. The summed E-state index contributed by atoms with van der Waals surface area (Å²) in [6, 6.07) is 4.24. The van der Waals surface area contributed by atoms with E-state index in [1.807, 2.05) is 6.92 Å². The molecule has 1 fully saturated rings. The Bertz CT molecular complexity index is 654. The predicted molar refractivity (Wildman–Crippen MR) is 82.0 cm³/mol. The molecule has 1 saturated carbocycles. The van der Waals surface area contributed by atoms with Crippen LogP contribution in [0.1, 0.15) is 30.1 Å². The lowest BCUT2D eigenvalue weighted by Gasteiger charge is -2.15. The molecule has 0 aliphatic heterocycles. The van der Waals surface area contributed by atoms with E-state index in [0.717, 1.165) is 17.1 Å². The molecule has 116 valence electrons. The summed E-state index contributed by atoms with van der Waals surface area (Å²) >= 11 is 6.03. The maximum Gasteiger partial charge on any atom is 0.253 e. The first-order chi connectivity index (χ1) is 9.73. The number of halogens is 1. The summed E-state index contributed by atoms with van der Waals surface area (Å²) in [5, 5.41) is 3.12. The van der Waals surface area contributed by atoms with Crippen molar-refractivity contribution < 1.29 is 13.2 Å². The van der Waals surface area contributed by atoms with Crippen molar-refractivity contribution in [2.75, 3.05) is 14.1 Å². The minimum Gasteiger partial charge on any atom is -0.349 e. The maximum atomic E-state index is 12.3. The van der Waals surface area contributed by atoms with Crippen LogP contribution >= 0.6 is 11.6 Å². The van der Waals surface area contributed by atoms with Crippen molar-refractivity contribution in [1.82, 2.24) is 9.62 Å². The van der Waals surface area contributed by atoms with Gasteiger partial charge < -0.3 is 5.32 Å². The zero-order valence-electron chi connectivity index (χ0n) is 12.3. The number of hydrogen-bond acceptors (Lipinski definition) is 3. The van der Waals surface area contributed by atoms with E-state index in [1.165, 1.54) is 32.3 Å². The summed E-state index contributed by atoms with van der Waals surface area (Å²) in [5.41, 5.74) is 0.187. The van der Waals surface area contributed by atoms with Crippen molar-refractivity contribution >= 4 is 27.5 Å². The molecule has 1 aromatic carbocycles. The van der Waals surface area contributed by atoms with Gasteiger partial charge in [0.1, 0.15) is 0 Å². The number of carbonyl (C=O) groups excluding carboxylic acids is 1. The Morgan fingerprint density at radius 2 is 2.00 bits per heavy atom. The second-order valence-electron chi connectivity index (χ2n) is 5.53. The average molecular weight is 331 g/mol. The third-order valence-electron chi connectivity index (χ3n) is 3.65. The highest BCUT2D eigenvalue weighted by Crippen LogP contribution is 2.32. The Kier molecular flexibility index (Phi) is 4.60. The molecule has 0 saturated heterocycles. The van der Waals surface area contributed by atoms with Crippen LogP contribution in [0.25, 0.3) is 0 Å². The van der Waals surface area contributed by atoms with Crippen LogP contribution in [0.3, 0.4) is 0 Å². The molecule has 1 atom stereocenters. The molecule has 0 spiro atoms. The lowest BCUT2D eigenvalue weighted by atomic mass is 10.1. The zero-order valence-corrected chi connectivity index (χ0v) is 13.8. The van der Waals surface area contributed by atoms with Gasteiger partial charge in [-0.25, -0.2) is 12.7 Å². The molecule has 5 nitrogen and oxygen atoms in total. The number of sulfonamides is 1. The predicted octanol–water partition coefficient (Wildman–Crippen LogP) is 2.12. The van der Waals surface area contributed by atoms with Gasteiger partial charge in [-0.3, -0.25) is 4.79 Å². The Morgan fingerprint density at radius 3 is 2.52 bits per heavy atom. The van der Waals surface area contributed by atoms with E-state index in [0.29, 0.717) is 5.92 Å². The van der Waals surface area contributed by atoms with E-state index < -0.39 is 10.0 Å². The smallest absolute Gasteiger partial charge is 0.253 e. The van der Waals surface area contributed by atoms with Gasteiger partial charge in [0.2, 0.25) is 10.0 Å². The number of rotatable bonds is 5. The fourth-order valence-electron chi connectivity index (χ4n) is 2.05. The third kappa shape index (κ3) is 3.56. The molecule has 0 aromatic heterocycles. The van der Waals surface area contributed by atoms with Gasteiger partial charge in [-0.05, 0) is 43.9 Å². The third-order valence-corrected chi connectivity index (χ3v) is 5.79. The average Bonchev–Trinajstić information content (AvgIpc) is 3.22. The standard InChI is InChI=1S/C14H19ClN2O3S/c1-9(10-4-5-10)16-14(18)12-8-11(6-7-13(12)15)21(19,20)17(2)3/h6-10H,4-5H2,1-3H3,(H,16,18). The van der Waals surface area contributed by atoms with Gasteiger partial charge in [-0.1, -0.05) is 11.6 Å². The van der Waals surface area contributed by atoms with Crippen LogP contribution in [0.15, 0.2) is 23.1 Å². The summed E-state index contributed by atoms with van der Waals surface area (Å²) in [6.45, 7) is 1.95. The van der Waals surface area contributed by atoms with E-state index in [1.54, 1.807) is 0 Å². The summed E-state index contributed by atoms with van der Waals surface area (Å²) in [4.78, 5) is 12.3. The molecule has 1 N–H and O–H groups in total. The van der Waals surface area contributed by atoms with E-state index >= 15 is 0 Å². The SMILES string of the molecule is CC(NC(=O)c1cc(S(=O)(=O)N(C)C)ccc1Cl)C1CC1. The Labute approximate surface area is 130 Å². The van der Waals surface area contributed by atoms with Crippen molar-refractivity contribution in [2.24, 2.45) is 5.92 Å². The number of nitrogens with zero attached hydrogens (tertiary/aromatic N) is 1. The molecule has 1 aromatic rings. The van der Waals surface area contributed by atoms with Crippen LogP contribution < -0.4 is 5.32 Å². The molecule has 0 bridgehead atoms. The van der Waals surface area contributed by atoms with Crippen LogP contribution in [0.2, 0.25) is 5.02 Å². The molecular weight excluding hydrogens is 312 g/mol. The lowest BCUT2D eigenvalue weighted by Crippen LogP contribution is -2.34. The highest BCUT2D eigenvalue weighted by molar-refractivity contribution is 7.89. The molecule has 0 radical (unpaired) electrons. The van der Waals surface area contributed by atoms with Crippen molar-refractivity contribution in [3.05, 3.63) is 28.8 Å². The molecular formula is C14H19ClN2O3S. The number of amides is 1. The van der Waals surface area contributed by atoms with Gasteiger partial charge in [0, 0.05) is 20.1 Å². The van der Waals surface area contributed by atoms with Gasteiger partial charge in [0.15, 0.2) is 0 Å². The fourth-order valence-corrected chi connectivity index (χ4v) is 3.18. The normalized spacial score (nSPS) is 16.8. The Hall–Kier alpha value is -1.11. The van der Waals surface area contributed by atoms with Gasteiger partial charge in [-0.2, -0.15) is 0 Å². The van der Waals surface area contributed by atoms with Crippen LogP contribution in [-0.4, -0.2) is 38.8 Å². The van der Waals surface area contributed by atoms with Gasteiger partial charge in [-0.15, -0.1) is 0 Å². The van der Waals surface area contributed by atoms with Crippen molar-refractivity contribution in [3.8, 4) is 0 Å². The molecule has 1 aliphatic carbocycles. The monoisotopic (exact) mass is 330 g/mol.